The second-order valence-electron chi connectivity index (χ2n) is 3.68. The van der Waals surface area contributed by atoms with Gasteiger partial charge in [0.15, 0.2) is 0 Å². The predicted molar refractivity (Wildman–Crippen MR) is 66.3 cm³/mol. The van der Waals surface area contributed by atoms with Crippen LogP contribution < -0.4 is 0 Å². The molecule has 2 aromatic carbocycles. The lowest BCUT2D eigenvalue weighted by atomic mass is 9.98. The maximum atomic E-state index is 5.12. The molecule has 0 aliphatic rings. The van der Waals surface area contributed by atoms with Gasteiger partial charge in [-0.15, -0.1) is 0 Å². The molecule has 0 saturated heterocycles. The average Bonchev–Trinajstić information content (AvgIpc) is 2.38. The van der Waals surface area contributed by atoms with E-state index in [1.54, 1.807) is 7.11 Å². The van der Waals surface area contributed by atoms with Crippen molar-refractivity contribution in [1.29, 1.82) is 0 Å². The first-order valence-corrected chi connectivity index (χ1v) is 5.46. The Labute approximate surface area is 96.7 Å². The highest BCUT2D eigenvalue weighted by molar-refractivity contribution is 5.66. The summed E-state index contributed by atoms with van der Waals surface area (Å²) in [6, 6.07) is 19.8. The molecule has 1 radical (unpaired) electrons. The minimum absolute atomic E-state index is 0.748. The molecule has 0 aromatic heterocycles. The van der Waals surface area contributed by atoms with Crippen molar-refractivity contribution in [1.82, 2.24) is 0 Å². The summed E-state index contributed by atoms with van der Waals surface area (Å²) in [5.41, 5.74) is 3.69. The molecule has 0 unspecified atom stereocenters. The Morgan fingerprint density at radius 3 is 2.62 bits per heavy atom. The van der Waals surface area contributed by atoms with E-state index in [1.165, 1.54) is 16.7 Å². The van der Waals surface area contributed by atoms with Crippen molar-refractivity contribution in [3.8, 4) is 11.1 Å². The molecule has 0 amide bonds. The summed E-state index contributed by atoms with van der Waals surface area (Å²) in [4.78, 5) is 0. The third-order valence-corrected chi connectivity index (χ3v) is 2.58. The Kier molecular flexibility index (Phi) is 3.73. The highest BCUT2D eigenvalue weighted by Crippen LogP contribution is 2.23. The molecule has 2 aromatic rings. The van der Waals surface area contributed by atoms with Crippen LogP contribution in [0.5, 0.6) is 0 Å². The molecule has 0 N–H and O–H groups in total. The minimum Gasteiger partial charge on any atom is -0.384 e. The Balaban J connectivity index is 2.33. The second kappa shape index (κ2) is 5.47. The van der Waals surface area contributed by atoms with Crippen LogP contribution in [0.3, 0.4) is 0 Å². The standard InChI is InChI=1S/C15H15O/c1-16-12-11-14-9-5-6-10-15(14)13-7-3-2-4-8-13/h2-9H,11-12H2,1H3. The van der Waals surface area contributed by atoms with Gasteiger partial charge in [0.2, 0.25) is 0 Å². The highest BCUT2D eigenvalue weighted by Gasteiger charge is 2.03. The van der Waals surface area contributed by atoms with Crippen LogP contribution in [0.25, 0.3) is 11.1 Å². The predicted octanol–water partition coefficient (Wildman–Crippen LogP) is 3.34. The maximum absolute atomic E-state index is 5.12. The van der Waals surface area contributed by atoms with Crippen molar-refractivity contribution in [2.45, 2.75) is 6.42 Å². The van der Waals surface area contributed by atoms with Crippen molar-refractivity contribution in [3.63, 3.8) is 0 Å². The van der Waals surface area contributed by atoms with Gasteiger partial charge in [-0.3, -0.25) is 0 Å². The van der Waals surface area contributed by atoms with Gasteiger partial charge in [0.1, 0.15) is 0 Å². The van der Waals surface area contributed by atoms with Crippen LogP contribution in [0.4, 0.5) is 0 Å². The lowest BCUT2D eigenvalue weighted by Gasteiger charge is -2.08. The number of rotatable bonds is 4. The lowest BCUT2D eigenvalue weighted by Crippen LogP contribution is -1.96. The molecule has 0 fully saturated rings. The van der Waals surface area contributed by atoms with Gasteiger partial charge >= 0.3 is 0 Å². The normalized spacial score (nSPS) is 10.3. The summed E-state index contributed by atoms with van der Waals surface area (Å²) < 4.78 is 5.12. The van der Waals surface area contributed by atoms with E-state index in [9.17, 15) is 0 Å². The van der Waals surface area contributed by atoms with Crippen molar-refractivity contribution < 1.29 is 4.74 Å². The van der Waals surface area contributed by atoms with Crippen LogP contribution in [0.15, 0.2) is 48.5 Å². The second-order valence-corrected chi connectivity index (χ2v) is 3.68. The van der Waals surface area contributed by atoms with Gasteiger partial charge in [-0.1, -0.05) is 48.5 Å². The number of hydrogen-bond acceptors (Lipinski definition) is 1. The first-order chi connectivity index (χ1) is 7.92. The average molecular weight is 211 g/mol. The third kappa shape index (κ3) is 2.50. The van der Waals surface area contributed by atoms with E-state index in [-0.39, 0.29) is 0 Å². The molecule has 16 heavy (non-hydrogen) atoms. The fraction of sp³-hybridized carbons (Fsp3) is 0.200. The molecular formula is C15H15O. The molecule has 0 saturated carbocycles. The summed E-state index contributed by atoms with van der Waals surface area (Å²) in [6.45, 7) is 0.748. The SMILES string of the molecule is COCCc1ccc[c]c1-c1ccccc1. The molecular weight excluding hydrogens is 196 g/mol. The van der Waals surface area contributed by atoms with Crippen LogP contribution in [0.2, 0.25) is 0 Å². The van der Waals surface area contributed by atoms with E-state index >= 15 is 0 Å². The van der Waals surface area contributed by atoms with Gasteiger partial charge < -0.3 is 4.74 Å². The molecule has 0 aliphatic carbocycles. The topological polar surface area (TPSA) is 9.23 Å². The zero-order chi connectivity index (χ0) is 11.2. The van der Waals surface area contributed by atoms with Crippen LogP contribution in [-0.4, -0.2) is 13.7 Å². The van der Waals surface area contributed by atoms with Gasteiger partial charge in [-0.25, -0.2) is 0 Å². The van der Waals surface area contributed by atoms with E-state index < -0.39 is 0 Å². The number of ether oxygens (including phenoxy) is 1. The van der Waals surface area contributed by atoms with Crippen molar-refractivity contribution in [2.24, 2.45) is 0 Å². The third-order valence-electron chi connectivity index (χ3n) is 2.58. The smallest absolute Gasteiger partial charge is 0.0502 e. The number of methoxy groups -OCH3 is 1. The quantitative estimate of drug-likeness (QED) is 0.753. The largest absolute Gasteiger partial charge is 0.384 e. The van der Waals surface area contributed by atoms with Crippen molar-refractivity contribution in [2.75, 3.05) is 13.7 Å². The zero-order valence-corrected chi connectivity index (χ0v) is 9.44. The lowest BCUT2D eigenvalue weighted by molar-refractivity contribution is 0.202. The Morgan fingerprint density at radius 1 is 1.06 bits per heavy atom. The highest BCUT2D eigenvalue weighted by atomic mass is 16.5. The molecule has 0 atom stereocenters. The van der Waals surface area contributed by atoms with E-state index in [4.69, 9.17) is 4.74 Å². The summed E-state index contributed by atoms with van der Waals surface area (Å²) in [5, 5.41) is 0. The Bertz CT molecular complexity index is 434. The zero-order valence-electron chi connectivity index (χ0n) is 9.44. The first kappa shape index (κ1) is 10.9. The van der Waals surface area contributed by atoms with Crippen LogP contribution in [-0.2, 0) is 11.2 Å². The van der Waals surface area contributed by atoms with Crippen LogP contribution >= 0.6 is 0 Å². The molecule has 0 spiro atoms. The van der Waals surface area contributed by atoms with E-state index in [1.807, 2.05) is 18.2 Å². The molecule has 0 bridgehead atoms. The van der Waals surface area contributed by atoms with E-state index in [2.05, 4.69) is 36.4 Å². The van der Waals surface area contributed by atoms with Gasteiger partial charge in [-0.05, 0) is 29.2 Å². The van der Waals surface area contributed by atoms with Crippen molar-refractivity contribution in [3.05, 3.63) is 60.2 Å². The first-order valence-electron chi connectivity index (χ1n) is 5.46. The van der Waals surface area contributed by atoms with E-state index in [0.717, 1.165) is 13.0 Å². The number of hydrogen-bond donors (Lipinski definition) is 0. The summed E-state index contributed by atoms with van der Waals surface area (Å²) in [7, 11) is 1.73. The molecule has 81 valence electrons. The maximum Gasteiger partial charge on any atom is 0.0502 e. The minimum atomic E-state index is 0.748. The molecule has 1 nitrogen and oxygen atoms in total. The molecule has 2 rings (SSSR count). The van der Waals surface area contributed by atoms with Crippen LogP contribution in [0, 0.1) is 6.07 Å². The summed E-state index contributed by atoms with van der Waals surface area (Å²) >= 11 is 0. The van der Waals surface area contributed by atoms with Crippen LogP contribution in [0.1, 0.15) is 5.56 Å². The molecule has 0 aliphatic heterocycles. The van der Waals surface area contributed by atoms with Crippen molar-refractivity contribution >= 4 is 0 Å². The van der Waals surface area contributed by atoms with Gasteiger partial charge in [-0.2, -0.15) is 0 Å². The Hall–Kier alpha value is -1.60. The monoisotopic (exact) mass is 211 g/mol. The fourth-order valence-corrected chi connectivity index (χ4v) is 1.77. The van der Waals surface area contributed by atoms with Gasteiger partial charge in [0.05, 0.1) is 6.61 Å². The van der Waals surface area contributed by atoms with Gasteiger partial charge in [0.25, 0.3) is 0 Å². The fourth-order valence-electron chi connectivity index (χ4n) is 1.77. The van der Waals surface area contributed by atoms with Gasteiger partial charge in [0, 0.05) is 7.11 Å². The molecule has 1 heteroatoms. The summed E-state index contributed by atoms with van der Waals surface area (Å²) in [6.07, 6.45) is 0.929. The molecule has 0 heterocycles. The number of benzene rings is 2. The Morgan fingerprint density at radius 2 is 1.88 bits per heavy atom. The van der Waals surface area contributed by atoms with E-state index in [0.29, 0.717) is 0 Å². The summed E-state index contributed by atoms with van der Waals surface area (Å²) in [5.74, 6) is 0.